The Hall–Kier alpha value is -2.46. The molecule has 1 aliphatic carbocycles. The molecule has 422 valence electrons. The van der Waals surface area contributed by atoms with Crippen molar-refractivity contribution in [2.45, 2.75) is 86.8 Å². The van der Waals surface area contributed by atoms with E-state index in [1.807, 2.05) is 6.92 Å². The van der Waals surface area contributed by atoms with Gasteiger partial charge in [0, 0.05) is 34.4 Å². The first kappa shape index (κ1) is 80.6. The summed E-state index contributed by atoms with van der Waals surface area (Å²) >= 11 is 0. The van der Waals surface area contributed by atoms with Gasteiger partial charge in [0.2, 0.25) is 10.0 Å². The number of carbonyl (C=O) groups excluding carboxylic acids is 3. The summed E-state index contributed by atoms with van der Waals surface area (Å²) in [5.41, 5.74) is 0.775. The number of nitrogens with zero attached hydrogens (tertiary/aromatic N) is 1. The first-order valence-electron chi connectivity index (χ1n) is 24.5. The Balaban J connectivity index is 0.00000430. The van der Waals surface area contributed by atoms with E-state index < -0.39 is 99.8 Å². The van der Waals surface area contributed by atoms with E-state index in [0.29, 0.717) is 52.6 Å². The molecule has 6 aromatic carbocycles. The Bertz CT molecular complexity index is 4480. The minimum absolute atomic E-state index is 0. The number of aromatic carboxylic acids is 3. The van der Waals surface area contributed by atoms with Crippen molar-refractivity contribution in [2.24, 2.45) is 4.99 Å². The molecule has 1 aliphatic heterocycles. The summed E-state index contributed by atoms with van der Waals surface area (Å²) in [5.74, 6) is -5.58. The molecule has 31 heteroatoms. The van der Waals surface area contributed by atoms with E-state index in [-0.39, 0.29) is 258 Å². The van der Waals surface area contributed by atoms with Crippen LogP contribution in [0.3, 0.4) is 0 Å². The van der Waals surface area contributed by atoms with Gasteiger partial charge in [-0.05, 0) is 119 Å². The molecule has 0 fully saturated rings. The topological polar surface area (TPSA) is 365 Å². The van der Waals surface area contributed by atoms with Gasteiger partial charge in [0.25, 0.3) is 10.0 Å². The number of hydrogen-bond donors (Lipinski definition) is 3. The number of hydrogen-bond acceptors (Lipinski definition) is 19. The summed E-state index contributed by atoms with van der Waals surface area (Å²) in [6.07, 6.45) is 0.849. The van der Waals surface area contributed by atoms with Gasteiger partial charge in [-0.25, -0.2) is 38.7 Å². The van der Waals surface area contributed by atoms with E-state index >= 15 is 0 Å². The van der Waals surface area contributed by atoms with E-state index in [0.717, 1.165) is 42.0 Å². The molecular weight excluding hydrogens is 1270 g/mol. The first-order valence-corrected chi connectivity index (χ1v) is 30.3. The molecule has 3 N–H and O–H groups in total. The molecule has 0 saturated carbocycles. The van der Waals surface area contributed by atoms with Gasteiger partial charge in [-0.3, -0.25) is 9.44 Å². The van der Waals surface area contributed by atoms with Crippen molar-refractivity contribution in [3.8, 4) is 22.5 Å². The van der Waals surface area contributed by atoms with Crippen molar-refractivity contribution in [1.82, 2.24) is 0 Å². The average molecular weight is 1310 g/mol. The van der Waals surface area contributed by atoms with E-state index in [2.05, 4.69) is 26.9 Å². The normalized spacial score (nSPS) is 11.6. The van der Waals surface area contributed by atoms with Crippen LogP contribution >= 0.6 is 0 Å². The van der Waals surface area contributed by atoms with Crippen molar-refractivity contribution >= 4 is 97.6 Å². The molecular formula is C56H45N4Na6O17S4-. The van der Waals surface area contributed by atoms with Crippen LogP contribution in [-0.4, -0.2) is 60.7 Å². The molecule has 8 rings (SSSR count). The zero-order valence-electron chi connectivity index (χ0n) is 49.6. The number of rotatable bonds is 19. The van der Waals surface area contributed by atoms with E-state index in [1.54, 1.807) is 33.8 Å². The number of aryl methyl sites for hydroxylation is 4. The first-order chi connectivity index (χ1) is 38.0. The Morgan fingerprint density at radius 2 is 1.07 bits per heavy atom. The maximum Gasteiger partial charge on any atom is 1.00 e. The van der Waals surface area contributed by atoms with Gasteiger partial charge >= 0.3 is 177 Å². The summed E-state index contributed by atoms with van der Waals surface area (Å²) in [6, 6.07) is 23.9. The molecule has 21 nitrogen and oxygen atoms in total. The molecule has 0 atom stereocenters. The largest absolute Gasteiger partial charge is 1.00 e. The van der Waals surface area contributed by atoms with E-state index in [1.165, 1.54) is 43.3 Å². The summed E-state index contributed by atoms with van der Waals surface area (Å²) in [7, 11) is -20.1. The third kappa shape index (κ3) is 17.6. The summed E-state index contributed by atoms with van der Waals surface area (Å²) in [4.78, 5) is 37.0. The third-order valence-corrected chi connectivity index (χ3v) is 17.7. The Kier molecular flexibility index (Phi) is 30.0. The second-order valence-electron chi connectivity index (χ2n) is 18.4. The van der Waals surface area contributed by atoms with Gasteiger partial charge in [0.1, 0.15) is 26.0 Å². The minimum Gasteiger partial charge on any atom is -0.744 e. The number of sulfonamides is 2. The Morgan fingerprint density at radius 3 is 1.60 bits per heavy atom. The molecule has 0 saturated heterocycles. The smallest absolute Gasteiger partial charge is 0.744 e. The third-order valence-electron chi connectivity index (χ3n) is 13.2. The molecule has 1 heterocycles. The van der Waals surface area contributed by atoms with Crippen LogP contribution in [0.5, 0.6) is 0 Å². The Morgan fingerprint density at radius 1 is 0.552 bits per heavy atom. The monoisotopic (exact) mass is 1310 g/mol. The van der Waals surface area contributed by atoms with Gasteiger partial charge in [0.15, 0.2) is 0 Å². The van der Waals surface area contributed by atoms with Gasteiger partial charge in [-0.15, -0.1) is 17.7 Å². The predicted molar refractivity (Wildman–Crippen MR) is 288 cm³/mol. The zero-order valence-corrected chi connectivity index (χ0v) is 64.9. The molecule has 0 amide bonds. The molecule has 0 unspecified atom stereocenters. The van der Waals surface area contributed by atoms with Gasteiger partial charge in [-0.2, -0.15) is 30.3 Å². The van der Waals surface area contributed by atoms with Crippen LogP contribution in [0, 0.1) is 26.0 Å². The molecule has 2 aliphatic rings. The van der Waals surface area contributed by atoms with Gasteiger partial charge < -0.3 is 48.5 Å². The maximum atomic E-state index is 14.0. The maximum absolute atomic E-state index is 14.0. The van der Waals surface area contributed by atoms with Crippen LogP contribution in [0.2, 0.25) is 0 Å². The van der Waals surface area contributed by atoms with E-state index in [4.69, 9.17) is 9.41 Å². The van der Waals surface area contributed by atoms with Crippen molar-refractivity contribution in [3.05, 3.63) is 165 Å². The zero-order chi connectivity index (χ0) is 59.3. The van der Waals surface area contributed by atoms with Crippen LogP contribution in [0.25, 0.3) is 33.4 Å². The Labute approximate surface area is 636 Å². The molecule has 0 radical (unpaired) electrons. The van der Waals surface area contributed by atoms with Gasteiger partial charge in [0.05, 0.1) is 49.0 Å². The number of fused-ring (bicyclic) bond motifs is 2. The summed E-state index contributed by atoms with van der Waals surface area (Å²) in [5, 5.41) is 38.0. The van der Waals surface area contributed by atoms with Crippen molar-refractivity contribution < 1.29 is 254 Å². The van der Waals surface area contributed by atoms with Crippen molar-refractivity contribution in [2.75, 3.05) is 14.8 Å². The minimum atomic E-state index is -5.55. The van der Waals surface area contributed by atoms with E-state index in [9.17, 15) is 72.5 Å². The van der Waals surface area contributed by atoms with Crippen LogP contribution in [0.4, 0.5) is 28.4 Å². The second-order valence-corrected chi connectivity index (χ2v) is 24.4. The van der Waals surface area contributed by atoms with Crippen LogP contribution in [0.15, 0.2) is 126 Å². The number of nitrogens with one attached hydrogen (secondary N) is 3. The fourth-order valence-corrected chi connectivity index (χ4v) is 13.2. The number of anilines is 4. The van der Waals surface area contributed by atoms with Crippen molar-refractivity contribution in [3.63, 3.8) is 0 Å². The predicted octanol–water partition coefficient (Wildman–Crippen LogP) is -12.8. The average Bonchev–Trinajstić information content (AvgIpc) is 1.48. The number of carboxylic acid groups (broad SMARTS) is 3. The fourth-order valence-electron chi connectivity index (χ4n) is 9.48. The SMILES string of the molecule is CCc1cc(C)c(NS(=O)(=O)c2cc(C(=O)[O-])cc(C(=O)[O-])c2)c(CC)c1N=c1cc2oc3cc(Nc4c(CC)cc(C)c(NS(=O)(=O)c5c[c-]cc(C(=O)[O-])c5)c4CC)[c-]cc3c(-c3ccccc3S(=O)(=O)[O-])c-2cc1S(=O)(=O)[O-].[Na+].[Na+].[Na+].[Na+].[Na+].[Na+]. The molecule has 0 aromatic heterocycles. The van der Waals surface area contributed by atoms with Gasteiger partial charge in [-0.1, -0.05) is 74.7 Å². The number of carbonyl (C=O) groups is 3. The second kappa shape index (κ2) is 32.4. The van der Waals surface area contributed by atoms with Crippen LogP contribution < -0.4 is 213 Å². The summed E-state index contributed by atoms with van der Waals surface area (Å²) < 4.78 is 146. The number of benzene rings is 7. The number of carboxylic acids is 3. The van der Waals surface area contributed by atoms with Crippen LogP contribution in [-0.2, 0) is 66.0 Å². The molecule has 0 spiro atoms. The molecule has 6 aromatic rings. The quantitative estimate of drug-likeness (QED) is 0.0293. The molecule has 0 bridgehead atoms. The van der Waals surface area contributed by atoms with Crippen LogP contribution in [0.1, 0.15) is 92.1 Å². The molecule has 87 heavy (non-hydrogen) atoms. The standard InChI is InChI=1S/C56H50N4O17S4.6Na/c1-7-31-20-29(5)50(59-78(67,68)37-15-13-14-33(23-37)54(61)62)39(9-3)52(31)57-36-18-19-41-45(26-36)77-46-28-44(48(81(74,75)76)27-43(46)49(41)42-16-11-12-17-47(42)80(71,72)73)58-53-32(8-2)21-30(6)51(40(53)10-4)60-79(69,70)38-24-34(55(63)64)22-35(25-38)56(65)66;;;;;;/h11-12,14-17,19-28,57,59-60H,7-10H2,1-6H3,(H,61,62)(H,63,64)(H,65,66)(H,71,72,73)(H,74,75,76);;;;;;/q-2;6*+1/p-5. The fraction of sp³-hybridized carbons (Fsp3) is 0.179. The van der Waals surface area contributed by atoms with Crippen molar-refractivity contribution in [1.29, 1.82) is 0 Å². The summed E-state index contributed by atoms with van der Waals surface area (Å²) in [6.45, 7) is 10.2.